The van der Waals surface area contributed by atoms with Gasteiger partial charge in [-0.2, -0.15) is 0 Å². The molecule has 3 rings (SSSR count). The van der Waals surface area contributed by atoms with Crippen LogP contribution in [0.5, 0.6) is 11.5 Å². The molecule has 118 valence electrons. The lowest BCUT2D eigenvalue weighted by Gasteiger charge is -2.15. The van der Waals surface area contributed by atoms with E-state index in [1.54, 1.807) is 43.8 Å². The molecular formula is C18H16ClNO3. The van der Waals surface area contributed by atoms with Crippen LogP contribution >= 0.6 is 11.6 Å². The van der Waals surface area contributed by atoms with Gasteiger partial charge in [-0.15, -0.1) is 0 Å². The minimum atomic E-state index is -0.775. The summed E-state index contributed by atoms with van der Waals surface area (Å²) in [5.74, 6) is 1.18. The summed E-state index contributed by atoms with van der Waals surface area (Å²) < 4.78 is 11.1. The first-order chi connectivity index (χ1) is 11.2. The number of methoxy groups -OCH3 is 1. The van der Waals surface area contributed by atoms with Crippen molar-refractivity contribution in [2.45, 2.75) is 6.10 Å². The Morgan fingerprint density at radius 1 is 1.13 bits per heavy atom. The van der Waals surface area contributed by atoms with Crippen LogP contribution in [0.25, 0.3) is 10.8 Å². The van der Waals surface area contributed by atoms with Crippen molar-refractivity contribution < 1.29 is 14.6 Å². The Kier molecular flexibility index (Phi) is 4.65. The van der Waals surface area contributed by atoms with Gasteiger partial charge in [-0.25, -0.2) is 0 Å². The summed E-state index contributed by atoms with van der Waals surface area (Å²) >= 11 is 5.94. The largest absolute Gasteiger partial charge is 0.493 e. The van der Waals surface area contributed by atoms with Gasteiger partial charge < -0.3 is 14.6 Å². The van der Waals surface area contributed by atoms with Gasteiger partial charge in [0.25, 0.3) is 0 Å². The first kappa shape index (κ1) is 15.6. The molecule has 1 N–H and O–H groups in total. The summed E-state index contributed by atoms with van der Waals surface area (Å²) in [5, 5.41) is 12.8. The number of ether oxygens (including phenoxy) is 2. The number of nitrogens with zero attached hydrogens (tertiary/aromatic N) is 1. The normalized spacial score (nSPS) is 12.1. The highest BCUT2D eigenvalue weighted by atomic mass is 35.5. The molecule has 0 radical (unpaired) electrons. The molecule has 1 atom stereocenters. The fourth-order valence-corrected chi connectivity index (χ4v) is 2.54. The molecule has 0 amide bonds. The lowest BCUT2D eigenvalue weighted by molar-refractivity contribution is 0.106. The average molecular weight is 330 g/mol. The van der Waals surface area contributed by atoms with Crippen molar-refractivity contribution in [2.24, 2.45) is 0 Å². The summed E-state index contributed by atoms with van der Waals surface area (Å²) in [6.45, 7) is 0.0997. The van der Waals surface area contributed by atoms with Crippen LogP contribution in [-0.2, 0) is 0 Å². The predicted octanol–water partition coefficient (Wildman–Crippen LogP) is 4.01. The number of hydrogen-bond donors (Lipinski definition) is 1. The molecule has 0 saturated carbocycles. The molecular weight excluding hydrogens is 314 g/mol. The summed E-state index contributed by atoms with van der Waals surface area (Å²) in [4.78, 5) is 4.10. The third-order valence-electron chi connectivity index (χ3n) is 3.55. The minimum Gasteiger partial charge on any atom is -0.493 e. The van der Waals surface area contributed by atoms with Crippen molar-refractivity contribution in [2.75, 3.05) is 13.7 Å². The predicted molar refractivity (Wildman–Crippen MR) is 90.2 cm³/mol. The molecule has 0 spiro atoms. The van der Waals surface area contributed by atoms with E-state index in [2.05, 4.69) is 4.98 Å². The monoisotopic (exact) mass is 329 g/mol. The lowest BCUT2D eigenvalue weighted by Crippen LogP contribution is -2.10. The van der Waals surface area contributed by atoms with E-state index in [0.717, 1.165) is 10.8 Å². The Morgan fingerprint density at radius 2 is 1.96 bits per heavy atom. The fraction of sp³-hybridized carbons (Fsp3) is 0.167. The summed E-state index contributed by atoms with van der Waals surface area (Å²) in [6.07, 6.45) is 2.71. The van der Waals surface area contributed by atoms with Crippen molar-refractivity contribution in [3.05, 3.63) is 65.4 Å². The highest BCUT2D eigenvalue weighted by molar-refractivity contribution is 6.30. The molecule has 0 fully saturated rings. The van der Waals surface area contributed by atoms with Crippen molar-refractivity contribution in [1.82, 2.24) is 4.98 Å². The maximum Gasteiger partial charge on any atom is 0.162 e. The third kappa shape index (κ3) is 3.55. The molecule has 4 nitrogen and oxygen atoms in total. The van der Waals surface area contributed by atoms with E-state index in [1.165, 1.54) is 0 Å². The number of hydrogen-bond acceptors (Lipinski definition) is 4. The number of pyridine rings is 1. The first-order valence-corrected chi connectivity index (χ1v) is 7.53. The van der Waals surface area contributed by atoms with E-state index in [-0.39, 0.29) is 6.61 Å². The second-order valence-electron chi connectivity index (χ2n) is 5.11. The number of aliphatic hydroxyl groups excluding tert-OH is 1. The number of aromatic nitrogens is 1. The molecule has 0 aliphatic rings. The molecule has 0 aliphatic carbocycles. The van der Waals surface area contributed by atoms with Gasteiger partial charge in [0.15, 0.2) is 11.5 Å². The summed E-state index contributed by atoms with van der Waals surface area (Å²) in [6, 6.07) is 12.7. The SMILES string of the molecule is COc1cc2ccncc2cc1OCC(O)c1cccc(Cl)c1. The van der Waals surface area contributed by atoms with E-state index in [0.29, 0.717) is 22.1 Å². The van der Waals surface area contributed by atoms with Gasteiger partial charge in [0.05, 0.1) is 7.11 Å². The van der Waals surface area contributed by atoms with Crippen LogP contribution < -0.4 is 9.47 Å². The number of benzene rings is 2. The summed E-state index contributed by atoms with van der Waals surface area (Å²) in [7, 11) is 1.59. The van der Waals surface area contributed by atoms with Crippen LogP contribution in [0.1, 0.15) is 11.7 Å². The molecule has 1 aromatic heterocycles. The second kappa shape index (κ2) is 6.86. The van der Waals surface area contributed by atoms with Crippen LogP contribution in [0.4, 0.5) is 0 Å². The molecule has 5 heteroatoms. The van der Waals surface area contributed by atoms with E-state index < -0.39 is 6.10 Å². The zero-order valence-corrected chi connectivity index (χ0v) is 13.3. The zero-order valence-electron chi connectivity index (χ0n) is 12.6. The van der Waals surface area contributed by atoms with Gasteiger partial charge in [-0.05, 0) is 41.3 Å². The average Bonchev–Trinajstić information content (AvgIpc) is 2.58. The van der Waals surface area contributed by atoms with E-state index in [4.69, 9.17) is 21.1 Å². The van der Waals surface area contributed by atoms with Gasteiger partial charge in [0.1, 0.15) is 12.7 Å². The van der Waals surface area contributed by atoms with Crippen LogP contribution in [0.2, 0.25) is 5.02 Å². The Labute approximate surface area is 139 Å². The number of fused-ring (bicyclic) bond motifs is 1. The molecule has 0 bridgehead atoms. The van der Waals surface area contributed by atoms with Gasteiger partial charge in [0.2, 0.25) is 0 Å². The maximum absolute atomic E-state index is 10.2. The Morgan fingerprint density at radius 3 is 2.74 bits per heavy atom. The first-order valence-electron chi connectivity index (χ1n) is 7.15. The molecule has 1 unspecified atom stereocenters. The Hall–Kier alpha value is -2.30. The minimum absolute atomic E-state index is 0.0997. The fourth-order valence-electron chi connectivity index (χ4n) is 2.35. The van der Waals surface area contributed by atoms with Crippen molar-refractivity contribution in [3.63, 3.8) is 0 Å². The quantitative estimate of drug-likeness (QED) is 0.768. The smallest absolute Gasteiger partial charge is 0.162 e. The molecule has 0 saturated heterocycles. The molecule has 23 heavy (non-hydrogen) atoms. The van der Waals surface area contributed by atoms with E-state index in [1.807, 2.05) is 18.2 Å². The number of aliphatic hydroxyl groups is 1. The van der Waals surface area contributed by atoms with E-state index in [9.17, 15) is 5.11 Å². The Balaban J connectivity index is 1.80. The number of halogens is 1. The molecule has 2 aromatic carbocycles. The Bertz CT molecular complexity index is 822. The van der Waals surface area contributed by atoms with Gasteiger partial charge >= 0.3 is 0 Å². The second-order valence-corrected chi connectivity index (χ2v) is 5.54. The third-order valence-corrected chi connectivity index (χ3v) is 3.79. The van der Waals surface area contributed by atoms with Crippen molar-refractivity contribution in [1.29, 1.82) is 0 Å². The lowest BCUT2D eigenvalue weighted by atomic mass is 10.1. The van der Waals surface area contributed by atoms with Gasteiger partial charge in [0, 0.05) is 22.8 Å². The zero-order chi connectivity index (χ0) is 16.2. The van der Waals surface area contributed by atoms with Crippen LogP contribution in [0.15, 0.2) is 54.9 Å². The topological polar surface area (TPSA) is 51.6 Å². The van der Waals surface area contributed by atoms with Gasteiger partial charge in [-0.1, -0.05) is 23.7 Å². The highest BCUT2D eigenvalue weighted by Crippen LogP contribution is 2.32. The van der Waals surface area contributed by atoms with Gasteiger partial charge in [-0.3, -0.25) is 4.98 Å². The number of rotatable bonds is 5. The van der Waals surface area contributed by atoms with E-state index >= 15 is 0 Å². The molecule has 3 aromatic rings. The summed E-state index contributed by atoms with van der Waals surface area (Å²) in [5.41, 5.74) is 0.707. The van der Waals surface area contributed by atoms with Crippen LogP contribution in [-0.4, -0.2) is 23.8 Å². The van der Waals surface area contributed by atoms with Crippen molar-refractivity contribution >= 4 is 22.4 Å². The van der Waals surface area contributed by atoms with Crippen molar-refractivity contribution in [3.8, 4) is 11.5 Å². The van der Waals surface area contributed by atoms with Crippen LogP contribution in [0.3, 0.4) is 0 Å². The molecule has 0 aliphatic heterocycles. The maximum atomic E-state index is 10.2. The standard InChI is InChI=1S/C18H16ClNO3/c1-22-17-8-12-5-6-20-10-14(12)9-18(17)23-11-16(21)13-3-2-4-15(19)7-13/h2-10,16,21H,11H2,1H3. The van der Waals surface area contributed by atoms with Crippen LogP contribution in [0, 0.1) is 0 Å². The highest BCUT2D eigenvalue weighted by Gasteiger charge is 2.12. The molecule has 1 heterocycles.